The maximum Gasteiger partial charge on any atom is 0.359 e. The van der Waals surface area contributed by atoms with E-state index in [0.29, 0.717) is 0 Å². The topological polar surface area (TPSA) is 65.2 Å². The van der Waals surface area contributed by atoms with Gasteiger partial charge in [-0.05, 0) is 0 Å². The van der Waals surface area contributed by atoms with Crippen LogP contribution in [0, 0.1) is 5.82 Å². The first-order chi connectivity index (χ1) is 7.52. The largest absolute Gasteiger partial charge is 0.464 e. The Balaban J connectivity index is 3.34. The second kappa shape index (κ2) is 4.93. The van der Waals surface area contributed by atoms with Crippen LogP contribution in [0.1, 0.15) is 28.0 Å². The molecule has 7 heteroatoms. The highest BCUT2D eigenvalue weighted by atomic mass is 19.3. The Kier molecular flexibility index (Phi) is 3.83. The van der Waals surface area contributed by atoms with Gasteiger partial charge in [-0.15, -0.1) is 0 Å². The van der Waals surface area contributed by atoms with E-state index in [-0.39, 0.29) is 0 Å². The molecule has 1 heterocycles. The SMILES string of the molecule is COC(=O)c1ncc(C(F)F)c(CN)c1F. The van der Waals surface area contributed by atoms with Crippen molar-refractivity contribution in [1.29, 1.82) is 0 Å². The van der Waals surface area contributed by atoms with Gasteiger partial charge in [0, 0.05) is 23.9 Å². The third-order valence-electron chi connectivity index (χ3n) is 1.97. The Morgan fingerprint density at radius 1 is 1.62 bits per heavy atom. The van der Waals surface area contributed by atoms with Crippen molar-refractivity contribution in [3.8, 4) is 0 Å². The van der Waals surface area contributed by atoms with Gasteiger partial charge >= 0.3 is 5.97 Å². The van der Waals surface area contributed by atoms with E-state index in [9.17, 15) is 18.0 Å². The first-order valence-corrected chi connectivity index (χ1v) is 4.26. The fourth-order valence-electron chi connectivity index (χ4n) is 1.17. The van der Waals surface area contributed by atoms with Crippen LogP contribution in [-0.2, 0) is 11.3 Å². The summed E-state index contributed by atoms with van der Waals surface area (Å²) in [5.41, 5.74) is 3.46. The molecule has 2 N–H and O–H groups in total. The maximum atomic E-state index is 13.6. The van der Waals surface area contributed by atoms with Crippen LogP contribution in [0.25, 0.3) is 0 Å². The molecule has 88 valence electrons. The van der Waals surface area contributed by atoms with Crippen LogP contribution in [0.4, 0.5) is 13.2 Å². The summed E-state index contributed by atoms with van der Waals surface area (Å²) in [5, 5.41) is 0. The van der Waals surface area contributed by atoms with Crippen molar-refractivity contribution in [1.82, 2.24) is 4.98 Å². The van der Waals surface area contributed by atoms with Gasteiger partial charge in [0.15, 0.2) is 11.5 Å². The highest BCUT2D eigenvalue weighted by Gasteiger charge is 2.23. The number of rotatable bonds is 3. The van der Waals surface area contributed by atoms with E-state index in [1.165, 1.54) is 0 Å². The second-order valence-electron chi connectivity index (χ2n) is 2.85. The molecule has 0 bridgehead atoms. The number of methoxy groups -OCH3 is 1. The molecule has 0 saturated heterocycles. The molecule has 0 aliphatic heterocycles. The lowest BCUT2D eigenvalue weighted by Crippen LogP contribution is -2.14. The summed E-state index contributed by atoms with van der Waals surface area (Å²) in [6, 6.07) is 0. The third-order valence-corrected chi connectivity index (χ3v) is 1.97. The number of nitrogens with two attached hydrogens (primary N) is 1. The monoisotopic (exact) mass is 234 g/mol. The van der Waals surface area contributed by atoms with Gasteiger partial charge in [-0.1, -0.05) is 0 Å². The molecule has 0 radical (unpaired) electrons. The number of nitrogens with zero attached hydrogens (tertiary/aromatic N) is 1. The number of carbonyl (C=O) groups is 1. The fourth-order valence-corrected chi connectivity index (χ4v) is 1.17. The average molecular weight is 234 g/mol. The lowest BCUT2D eigenvalue weighted by Gasteiger charge is -2.09. The van der Waals surface area contributed by atoms with Gasteiger partial charge in [0.2, 0.25) is 0 Å². The number of hydrogen-bond acceptors (Lipinski definition) is 4. The van der Waals surface area contributed by atoms with Crippen LogP contribution in [0.2, 0.25) is 0 Å². The zero-order chi connectivity index (χ0) is 12.3. The normalized spacial score (nSPS) is 10.6. The molecule has 0 fully saturated rings. The Morgan fingerprint density at radius 3 is 2.69 bits per heavy atom. The number of pyridine rings is 1. The maximum absolute atomic E-state index is 13.6. The quantitative estimate of drug-likeness (QED) is 0.803. The molecule has 0 atom stereocenters. The minimum absolute atomic E-state index is 0.426. The van der Waals surface area contributed by atoms with Crippen LogP contribution in [0.15, 0.2) is 6.20 Å². The van der Waals surface area contributed by atoms with E-state index in [1.807, 2.05) is 0 Å². The number of halogens is 3. The van der Waals surface area contributed by atoms with Crippen molar-refractivity contribution in [2.45, 2.75) is 13.0 Å². The minimum atomic E-state index is -2.90. The molecule has 1 aromatic heterocycles. The van der Waals surface area contributed by atoms with Crippen LogP contribution in [-0.4, -0.2) is 18.1 Å². The minimum Gasteiger partial charge on any atom is -0.464 e. The lowest BCUT2D eigenvalue weighted by molar-refractivity contribution is 0.0587. The summed E-state index contributed by atoms with van der Waals surface area (Å²) >= 11 is 0. The van der Waals surface area contributed by atoms with E-state index in [0.717, 1.165) is 13.3 Å². The zero-order valence-corrected chi connectivity index (χ0v) is 8.34. The summed E-state index contributed by atoms with van der Waals surface area (Å²) in [6.07, 6.45) is -2.17. The number of hydrogen-bond donors (Lipinski definition) is 1. The highest BCUT2D eigenvalue weighted by Crippen LogP contribution is 2.25. The summed E-state index contributed by atoms with van der Waals surface area (Å²) < 4.78 is 42.7. The summed E-state index contributed by atoms with van der Waals surface area (Å²) in [6.45, 7) is -0.446. The van der Waals surface area contributed by atoms with Gasteiger partial charge in [-0.3, -0.25) is 0 Å². The molecule has 0 spiro atoms. The van der Waals surface area contributed by atoms with E-state index >= 15 is 0 Å². The molecule has 0 saturated carbocycles. The number of esters is 1. The van der Waals surface area contributed by atoms with E-state index in [1.54, 1.807) is 0 Å². The number of aromatic nitrogens is 1. The Hall–Kier alpha value is -1.63. The molecule has 0 unspecified atom stereocenters. The highest BCUT2D eigenvalue weighted by molar-refractivity contribution is 5.87. The molecule has 1 aromatic rings. The molecule has 0 aliphatic carbocycles. The van der Waals surface area contributed by atoms with Crippen LogP contribution in [0.3, 0.4) is 0 Å². The summed E-state index contributed by atoms with van der Waals surface area (Å²) in [4.78, 5) is 14.3. The number of carbonyl (C=O) groups excluding carboxylic acids is 1. The molecule has 1 rings (SSSR count). The van der Waals surface area contributed by atoms with Gasteiger partial charge in [-0.25, -0.2) is 22.9 Å². The molecule has 16 heavy (non-hydrogen) atoms. The van der Waals surface area contributed by atoms with Crippen LogP contribution < -0.4 is 5.73 Å². The summed E-state index contributed by atoms with van der Waals surface area (Å²) in [5.74, 6) is -2.19. The van der Waals surface area contributed by atoms with Gasteiger partial charge in [0.25, 0.3) is 6.43 Å². The van der Waals surface area contributed by atoms with Crippen molar-refractivity contribution in [3.63, 3.8) is 0 Å². The first kappa shape index (κ1) is 12.4. The van der Waals surface area contributed by atoms with Crippen molar-refractivity contribution < 1.29 is 22.7 Å². The Bertz CT molecular complexity index is 410. The molecule has 0 aliphatic rings. The van der Waals surface area contributed by atoms with Crippen LogP contribution >= 0.6 is 0 Å². The fraction of sp³-hybridized carbons (Fsp3) is 0.333. The molecular formula is C9H9F3N2O2. The molecule has 4 nitrogen and oxygen atoms in total. The van der Waals surface area contributed by atoms with Crippen molar-refractivity contribution in [2.24, 2.45) is 5.73 Å². The second-order valence-corrected chi connectivity index (χ2v) is 2.85. The Labute approximate surface area is 89.2 Å². The van der Waals surface area contributed by atoms with Gasteiger partial charge in [-0.2, -0.15) is 0 Å². The zero-order valence-electron chi connectivity index (χ0n) is 8.34. The van der Waals surface area contributed by atoms with Gasteiger partial charge in [0.05, 0.1) is 7.11 Å². The molecular weight excluding hydrogens is 225 g/mol. The van der Waals surface area contributed by atoms with Crippen molar-refractivity contribution in [2.75, 3.05) is 7.11 Å². The van der Waals surface area contributed by atoms with Gasteiger partial charge in [0.1, 0.15) is 0 Å². The van der Waals surface area contributed by atoms with Crippen LogP contribution in [0.5, 0.6) is 0 Å². The van der Waals surface area contributed by atoms with E-state index < -0.39 is 41.6 Å². The summed E-state index contributed by atoms with van der Waals surface area (Å²) in [7, 11) is 1.03. The smallest absolute Gasteiger partial charge is 0.359 e. The Morgan fingerprint density at radius 2 is 2.25 bits per heavy atom. The average Bonchev–Trinajstić information content (AvgIpc) is 2.27. The number of ether oxygens (including phenoxy) is 1. The third kappa shape index (κ3) is 2.13. The first-order valence-electron chi connectivity index (χ1n) is 4.26. The van der Waals surface area contributed by atoms with Crippen molar-refractivity contribution >= 4 is 5.97 Å². The van der Waals surface area contributed by atoms with E-state index in [4.69, 9.17) is 5.73 Å². The number of alkyl halides is 2. The molecule has 0 amide bonds. The standard InChI is InChI=1S/C9H9F3N2O2/c1-16-9(15)7-6(10)4(2-13)5(3-14-7)8(11)12/h3,8H,2,13H2,1H3. The van der Waals surface area contributed by atoms with Gasteiger partial charge < -0.3 is 10.5 Å². The van der Waals surface area contributed by atoms with Crippen molar-refractivity contribution in [3.05, 3.63) is 28.8 Å². The van der Waals surface area contributed by atoms with E-state index in [2.05, 4.69) is 9.72 Å². The molecule has 0 aromatic carbocycles. The predicted molar refractivity (Wildman–Crippen MR) is 48.4 cm³/mol. The lowest BCUT2D eigenvalue weighted by atomic mass is 10.1. The predicted octanol–water partition coefficient (Wildman–Crippen LogP) is 1.40.